The molecule has 1 aliphatic heterocycles. The van der Waals surface area contributed by atoms with Crippen LogP contribution in [0.3, 0.4) is 0 Å². The number of carbonyl (C=O) groups excluding carboxylic acids is 2. The highest BCUT2D eigenvalue weighted by Gasteiger charge is 2.55. The lowest BCUT2D eigenvalue weighted by Crippen LogP contribution is -2.59. The van der Waals surface area contributed by atoms with Gasteiger partial charge in [-0.2, -0.15) is 0 Å². The number of benzene rings is 1. The maximum atomic E-state index is 13.6. The van der Waals surface area contributed by atoms with Gasteiger partial charge in [-0.15, -0.1) is 0 Å². The van der Waals surface area contributed by atoms with Gasteiger partial charge in [-0.3, -0.25) is 9.59 Å². The van der Waals surface area contributed by atoms with Gasteiger partial charge in [0.15, 0.2) is 0 Å². The number of allylic oxidation sites excluding steroid dienone is 1. The van der Waals surface area contributed by atoms with Crippen LogP contribution >= 0.6 is 0 Å². The zero-order valence-corrected chi connectivity index (χ0v) is 22.1. The van der Waals surface area contributed by atoms with E-state index >= 15 is 0 Å². The lowest BCUT2D eigenvalue weighted by molar-refractivity contribution is -0.142. The van der Waals surface area contributed by atoms with Gasteiger partial charge in [-0.25, -0.2) is 0 Å². The number of aliphatic hydroxyl groups is 2. The molecule has 1 aromatic carbocycles. The van der Waals surface area contributed by atoms with Crippen LogP contribution in [0.15, 0.2) is 48.1 Å². The van der Waals surface area contributed by atoms with Gasteiger partial charge < -0.3 is 25.2 Å². The van der Waals surface area contributed by atoms with Crippen LogP contribution in [0.25, 0.3) is 0 Å². The summed E-state index contributed by atoms with van der Waals surface area (Å²) in [7, 11) is 0. The molecule has 7 atom stereocenters. The van der Waals surface area contributed by atoms with Crippen molar-refractivity contribution in [2.24, 2.45) is 23.2 Å². The molecule has 0 radical (unpaired) electrons. The second kappa shape index (κ2) is 10.3. The fourth-order valence-corrected chi connectivity index (χ4v) is 7.30. The van der Waals surface area contributed by atoms with Crippen molar-refractivity contribution in [1.82, 2.24) is 10.2 Å². The Morgan fingerprint density at radius 3 is 2.73 bits per heavy atom. The molecule has 3 fully saturated rings. The SMILES string of the molecule is CCC=CC(=O)N(CC1CCC2CC1C2(C)C)C1C=C(C(=O)NCCO)C2c3ccccc3OC2C1O. The van der Waals surface area contributed by atoms with Crippen LogP contribution in [0.1, 0.15) is 57.9 Å². The molecule has 7 nitrogen and oxygen atoms in total. The zero-order chi connectivity index (χ0) is 26.3. The van der Waals surface area contributed by atoms with Crippen LogP contribution in [0.2, 0.25) is 0 Å². The first-order valence-corrected chi connectivity index (χ1v) is 13.8. The predicted molar refractivity (Wildman–Crippen MR) is 141 cm³/mol. The number of aliphatic hydroxyl groups excluding tert-OH is 2. The van der Waals surface area contributed by atoms with Crippen molar-refractivity contribution in [2.75, 3.05) is 19.7 Å². The molecule has 4 aliphatic carbocycles. The molecule has 2 bridgehead atoms. The molecule has 5 aliphatic rings. The van der Waals surface area contributed by atoms with Gasteiger partial charge in [-0.1, -0.05) is 45.0 Å². The van der Waals surface area contributed by atoms with E-state index in [1.165, 1.54) is 12.8 Å². The molecule has 3 N–H and O–H groups in total. The molecule has 7 heteroatoms. The fraction of sp³-hybridized carbons (Fsp3) is 0.600. The molecule has 2 amide bonds. The van der Waals surface area contributed by atoms with Crippen molar-refractivity contribution in [2.45, 2.75) is 70.6 Å². The first-order valence-electron chi connectivity index (χ1n) is 13.8. The average molecular weight is 509 g/mol. The molecule has 6 rings (SSSR count). The number of carbonyl (C=O) groups is 2. The van der Waals surface area contributed by atoms with Gasteiger partial charge >= 0.3 is 0 Å². The molecule has 1 heterocycles. The minimum Gasteiger partial charge on any atom is -0.486 e. The minimum absolute atomic E-state index is 0.130. The van der Waals surface area contributed by atoms with E-state index in [-0.39, 0.29) is 30.4 Å². The number of para-hydroxylation sites is 1. The fourth-order valence-electron chi connectivity index (χ4n) is 7.30. The van der Waals surface area contributed by atoms with E-state index in [0.717, 1.165) is 24.3 Å². The highest BCUT2D eigenvalue weighted by molar-refractivity contribution is 5.96. The number of ether oxygens (including phenoxy) is 1. The van der Waals surface area contributed by atoms with Gasteiger partial charge in [0.25, 0.3) is 0 Å². The van der Waals surface area contributed by atoms with E-state index in [1.807, 2.05) is 37.3 Å². The number of amides is 2. The Morgan fingerprint density at radius 1 is 1.24 bits per heavy atom. The number of nitrogens with zero attached hydrogens (tertiary/aromatic N) is 1. The van der Waals surface area contributed by atoms with E-state index < -0.39 is 24.2 Å². The molecule has 0 spiro atoms. The quantitative estimate of drug-likeness (QED) is 0.469. The molecule has 37 heavy (non-hydrogen) atoms. The second-order valence-corrected chi connectivity index (χ2v) is 11.7. The number of rotatable bonds is 8. The van der Waals surface area contributed by atoms with Crippen molar-refractivity contribution >= 4 is 11.8 Å². The largest absolute Gasteiger partial charge is 0.486 e. The van der Waals surface area contributed by atoms with E-state index in [0.29, 0.717) is 29.7 Å². The molecule has 0 aromatic heterocycles. The van der Waals surface area contributed by atoms with Crippen LogP contribution in [0.5, 0.6) is 5.75 Å². The summed E-state index contributed by atoms with van der Waals surface area (Å²) in [6, 6.07) is 6.85. The maximum absolute atomic E-state index is 13.6. The number of hydrogen-bond acceptors (Lipinski definition) is 5. The summed E-state index contributed by atoms with van der Waals surface area (Å²) >= 11 is 0. The summed E-state index contributed by atoms with van der Waals surface area (Å²) in [5, 5.41) is 23.7. The third kappa shape index (κ3) is 4.50. The number of hydrogen-bond donors (Lipinski definition) is 3. The summed E-state index contributed by atoms with van der Waals surface area (Å²) < 4.78 is 6.23. The first-order chi connectivity index (χ1) is 17.8. The van der Waals surface area contributed by atoms with Gasteiger partial charge in [-0.05, 0) is 67.1 Å². The Labute approximate surface area is 219 Å². The normalized spacial score (nSPS) is 33.0. The second-order valence-electron chi connectivity index (χ2n) is 11.7. The summed E-state index contributed by atoms with van der Waals surface area (Å²) in [5.41, 5.74) is 1.60. The summed E-state index contributed by atoms with van der Waals surface area (Å²) in [4.78, 5) is 28.7. The van der Waals surface area contributed by atoms with Crippen LogP contribution in [-0.4, -0.2) is 64.9 Å². The molecular formula is C30H40N2O5. The van der Waals surface area contributed by atoms with Crippen molar-refractivity contribution in [3.05, 3.63) is 53.6 Å². The van der Waals surface area contributed by atoms with Gasteiger partial charge in [0.1, 0.15) is 18.0 Å². The third-order valence-electron chi connectivity index (χ3n) is 9.45. The smallest absolute Gasteiger partial charge is 0.247 e. The molecule has 1 aromatic rings. The highest BCUT2D eigenvalue weighted by Crippen LogP contribution is 2.61. The van der Waals surface area contributed by atoms with Crippen LogP contribution in [0.4, 0.5) is 0 Å². The zero-order valence-electron chi connectivity index (χ0n) is 22.1. The van der Waals surface area contributed by atoms with Gasteiger partial charge in [0.05, 0.1) is 18.6 Å². The number of fused-ring (bicyclic) bond motifs is 5. The summed E-state index contributed by atoms with van der Waals surface area (Å²) in [6.45, 7) is 7.17. The number of nitrogens with one attached hydrogen (secondary N) is 1. The van der Waals surface area contributed by atoms with Crippen molar-refractivity contribution in [3.63, 3.8) is 0 Å². The molecular weight excluding hydrogens is 468 g/mol. The Hall–Kier alpha value is -2.64. The van der Waals surface area contributed by atoms with Crippen LogP contribution in [-0.2, 0) is 9.59 Å². The third-order valence-corrected chi connectivity index (χ3v) is 9.45. The van der Waals surface area contributed by atoms with Crippen molar-refractivity contribution in [3.8, 4) is 5.75 Å². The van der Waals surface area contributed by atoms with E-state index in [1.54, 1.807) is 17.1 Å². The Morgan fingerprint density at radius 2 is 2.03 bits per heavy atom. The molecule has 3 saturated carbocycles. The van der Waals surface area contributed by atoms with E-state index in [4.69, 9.17) is 4.74 Å². The van der Waals surface area contributed by atoms with Gasteiger partial charge in [0.2, 0.25) is 11.8 Å². The monoisotopic (exact) mass is 508 g/mol. The predicted octanol–water partition coefficient (Wildman–Crippen LogP) is 3.18. The maximum Gasteiger partial charge on any atom is 0.247 e. The summed E-state index contributed by atoms with van der Waals surface area (Å²) in [6.07, 6.45) is 7.73. The molecule has 0 saturated heterocycles. The Balaban J connectivity index is 1.51. The van der Waals surface area contributed by atoms with Crippen molar-refractivity contribution < 1.29 is 24.5 Å². The average Bonchev–Trinajstić information content (AvgIpc) is 3.29. The van der Waals surface area contributed by atoms with Crippen LogP contribution < -0.4 is 10.1 Å². The first kappa shape index (κ1) is 26.0. The topological polar surface area (TPSA) is 99.1 Å². The van der Waals surface area contributed by atoms with Crippen LogP contribution in [0, 0.1) is 23.2 Å². The lowest BCUT2D eigenvalue weighted by Gasteiger charge is -2.61. The minimum atomic E-state index is -0.989. The standard InChI is InChI=1S/C30H40N2O5/c1-4-5-10-25(34)32(17-18-11-12-19-15-22(18)30(19,2)3)23-16-21(29(36)31-13-14-33)26-20-8-6-7-9-24(20)37-28(26)27(23)35/h5-10,16,18-19,22-23,26-28,33,35H,4,11-15,17H2,1-3H3,(H,31,36). The molecule has 7 unspecified atom stereocenters. The summed E-state index contributed by atoms with van der Waals surface area (Å²) in [5.74, 6) is 1.41. The van der Waals surface area contributed by atoms with E-state index in [2.05, 4.69) is 19.2 Å². The lowest BCUT2D eigenvalue weighted by atomic mass is 9.45. The van der Waals surface area contributed by atoms with Gasteiger partial charge in [0, 0.05) is 24.2 Å². The highest BCUT2D eigenvalue weighted by atomic mass is 16.5. The Bertz CT molecular complexity index is 1090. The van der Waals surface area contributed by atoms with Crippen molar-refractivity contribution in [1.29, 1.82) is 0 Å². The van der Waals surface area contributed by atoms with E-state index in [9.17, 15) is 19.8 Å². The Kier molecular flexibility index (Phi) is 7.20. The molecule has 200 valence electrons.